The lowest BCUT2D eigenvalue weighted by Crippen LogP contribution is -2.48. The highest BCUT2D eigenvalue weighted by Crippen LogP contribution is 2.26. The van der Waals surface area contributed by atoms with Gasteiger partial charge in [0.2, 0.25) is 18.2 Å². The Balaban J connectivity index is 0.00000313. The molecule has 0 aliphatic rings. The summed E-state index contributed by atoms with van der Waals surface area (Å²) in [5, 5.41) is 9.42. The average Bonchev–Trinajstić information content (AvgIpc) is 3.66. The Labute approximate surface area is 309 Å². The fourth-order valence-electron chi connectivity index (χ4n) is 5.66. The molecule has 14 nitrogen and oxygen atoms in total. The third-order valence-corrected chi connectivity index (χ3v) is 8.54. The summed E-state index contributed by atoms with van der Waals surface area (Å²) < 4.78 is 10.6. The lowest BCUT2D eigenvalue weighted by molar-refractivity contribution is -0.200. The molecule has 0 aliphatic heterocycles. The standard InChI is InChI=1S/C38H50N4O8.CO2/c1-6-9-11-16-30(32(8-3)42(25-43)49-23-27-14-12-10-13-15-27)36(45)39-24-40-37(46)34-20-19-33(50-34)29-18-17-28(26(4)21-29)22-35(44)41-31(7-2)38(47)48-5;2-1-3/h10,12-15,17-21,25,30-32H,6-9,11,16,22-24H2,1-5H3,(H,39,45)(H,40,46)(H,41,44);/t30-,31+,32-;/m1./s1. The number of hydrogen-bond acceptors (Lipinski definition) is 10. The molecular weight excluding hydrogens is 684 g/mol. The Bertz CT molecular complexity index is 1650. The zero-order chi connectivity index (χ0) is 39.2. The van der Waals surface area contributed by atoms with Gasteiger partial charge in [-0.1, -0.05) is 82.5 Å². The van der Waals surface area contributed by atoms with Gasteiger partial charge in [0.15, 0.2) is 5.76 Å². The maximum atomic E-state index is 13.4. The van der Waals surface area contributed by atoms with Crippen molar-refractivity contribution in [3.8, 4) is 11.3 Å². The van der Waals surface area contributed by atoms with Crippen molar-refractivity contribution in [1.29, 1.82) is 0 Å². The number of hydrogen-bond donors (Lipinski definition) is 3. The molecule has 0 radical (unpaired) electrons. The van der Waals surface area contributed by atoms with Crippen LogP contribution in [0.1, 0.15) is 86.5 Å². The number of methoxy groups -OCH3 is 1. The van der Waals surface area contributed by atoms with E-state index in [1.54, 1.807) is 31.2 Å². The number of aryl methyl sites for hydroxylation is 1. The fraction of sp³-hybridized carbons (Fsp3) is 0.436. The van der Waals surface area contributed by atoms with E-state index in [2.05, 4.69) is 22.9 Å². The van der Waals surface area contributed by atoms with Crippen molar-refractivity contribution in [3.63, 3.8) is 0 Å². The first kappa shape index (κ1) is 43.6. The van der Waals surface area contributed by atoms with Gasteiger partial charge in [0.1, 0.15) is 18.4 Å². The molecule has 4 amide bonds. The third kappa shape index (κ3) is 14.2. The number of carbonyl (C=O) groups excluding carboxylic acids is 7. The summed E-state index contributed by atoms with van der Waals surface area (Å²) in [6.45, 7) is 7.70. The van der Waals surface area contributed by atoms with E-state index in [-0.39, 0.29) is 43.4 Å². The van der Waals surface area contributed by atoms with E-state index in [4.69, 9.17) is 23.6 Å². The van der Waals surface area contributed by atoms with Crippen molar-refractivity contribution in [1.82, 2.24) is 21.0 Å². The van der Waals surface area contributed by atoms with Gasteiger partial charge in [0.25, 0.3) is 5.91 Å². The predicted octanol–water partition coefficient (Wildman–Crippen LogP) is 4.65. The minimum Gasteiger partial charge on any atom is -0.467 e. The molecule has 0 spiro atoms. The minimum atomic E-state index is -0.703. The fourth-order valence-corrected chi connectivity index (χ4v) is 5.66. The molecule has 0 bridgehead atoms. The van der Waals surface area contributed by atoms with Crippen LogP contribution in [-0.4, -0.2) is 67.2 Å². The van der Waals surface area contributed by atoms with Gasteiger partial charge in [-0.3, -0.25) is 24.0 Å². The van der Waals surface area contributed by atoms with Crippen LogP contribution in [0.5, 0.6) is 0 Å². The third-order valence-electron chi connectivity index (χ3n) is 8.54. The molecule has 3 aromatic rings. The number of unbranched alkanes of at least 4 members (excludes halogenated alkanes) is 2. The number of carbonyl (C=O) groups is 5. The average molecular weight is 735 g/mol. The summed E-state index contributed by atoms with van der Waals surface area (Å²) in [6.07, 6.45) is 5.16. The number of hydroxylamine groups is 2. The van der Waals surface area contributed by atoms with Crippen molar-refractivity contribution in [2.75, 3.05) is 13.8 Å². The number of rotatable bonds is 21. The van der Waals surface area contributed by atoms with Gasteiger partial charge >= 0.3 is 12.1 Å². The number of benzene rings is 2. The van der Waals surface area contributed by atoms with Gasteiger partial charge in [0.05, 0.1) is 32.2 Å². The molecule has 0 unspecified atom stereocenters. The number of esters is 1. The van der Waals surface area contributed by atoms with Crippen molar-refractivity contribution in [3.05, 3.63) is 83.1 Å². The van der Waals surface area contributed by atoms with Crippen molar-refractivity contribution in [2.45, 2.75) is 91.3 Å². The van der Waals surface area contributed by atoms with E-state index in [1.807, 2.05) is 50.2 Å². The summed E-state index contributed by atoms with van der Waals surface area (Å²) in [4.78, 5) is 84.9. The highest BCUT2D eigenvalue weighted by molar-refractivity contribution is 5.92. The second kappa shape index (κ2) is 23.8. The van der Waals surface area contributed by atoms with Gasteiger partial charge in [-0.2, -0.15) is 9.59 Å². The van der Waals surface area contributed by atoms with Gasteiger partial charge in [-0.25, -0.2) is 9.86 Å². The molecule has 3 N–H and O–H groups in total. The maximum Gasteiger partial charge on any atom is 0.373 e. The Hall–Kier alpha value is -5.59. The van der Waals surface area contributed by atoms with Crippen LogP contribution in [0, 0.1) is 12.8 Å². The number of nitrogens with zero attached hydrogens (tertiary/aromatic N) is 1. The van der Waals surface area contributed by atoms with Crippen molar-refractivity contribution >= 4 is 36.3 Å². The van der Waals surface area contributed by atoms with Gasteiger partial charge in [0, 0.05) is 5.56 Å². The quantitative estimate of drug-likeness (QED) is 0.0457. The number of nitrogens with one attached hydrogen (secondary N) is 3. The lowest BCUT2D eigenvalue weighted by Gasteiger charge is -2.32. The number of amides is 4. The molecule has 53 heavy (non-hydrogen) atoms. The first-order valence-electron chi connectivity index (χ1n) is 17.6. The first-order chi connectivity index (χ1) is 25.6. The minimum absolute atomic E-state index is 0.0659. The SMILES string of the molecule is CCCCC[C@@H](C(=O)NCNC(=O)c1ccc(-c2ccc(CC(=O)N[C@@H](CC)C(=O)OC)c(C)c2)o1)[C@@H](CC)N(C=O)OCc1ccccc1.O=C=O. The summed E-state index contributed by atoms with van der Waals surface area (Å²) in [7, 11) is 1.28. The Morgan fingerprint density at radius 1 is 0.943 bits per heavy atom. The summed E-state index contributed by atoms with van der Waals surface area (Å²) in [5.41, 5.74) is 3.24. The van der Waals surface area contributed by atoms with Crippen molar-refractivity contribution < 1.29 is 47.6 Å². The lowest BCUT2D eigenvalue weighted by atomic mass is 9.90. The molecule has 14 heteroatoms. The van der Waals surface area contributed by atoms with Gasteiger partial charge < -0.3 is 25.1 Å². The maximum absolute atomic E-state index is 13.4. The van der Waals surface area contributed by atoms with Crippen LogP contribution in [0.25, 0.3) is 11.3 Å². The molecule has 0 aliphatic carbocycles. The monoisotopic (exact) mass is 734 g/mol. The molecular formula is C39H50N4O10. The van der Waals surface area contributed by atoms with E-state index < -0.39 is 29.9 Å². The van der Waals surface area contributed by atoms with E-state index in [0.29, 0.717) is 31.4 Å². The predicted molar refractivity (Wildman–Crippen MR) is 193 cm³/mol. The van der Waals surface area contributed by atoms with E-state index >= 15 is 0 Å². The van der Waals surface area contributed by atoms with E-state index in [9.17, 15) is 24.0 Å². The summed E-state index contributed by atoms with van der Waals surface area (Å²) in [5.74, 6) is -1.60. The summed E-state index contributed by atoms with van der Waals surface area (Å²) >= 11 is 0. The Kier molecular flexibility index (Phi) is 19.6. The second-order valence-electron chi connectivity index (χ2n) is 12.1. The van der Waals surface area contributed by atoms with Gasteiger partial charge in [-0.05, 0) is 61.1 Å². The largest absolute Gasteiger partial charge is 0.467 e. The molecule has 1 heterocycles. The van der Waals surface area contributed by atoms with Crippen LogP contribution in [0.15, 0.2) is 65.1 Å². The normalized spacial score (nSPS) is 12.1. The number of furan rings is 1. The van der Waals surface area contributed by atoms with Crippen LogP contribution in [0.3, 0.4) is 0 Å². The van der Waals surface area contributed by atoms with Crippen LogP contribution >= 0.6 is 0 Å². The second-order valence-corrected chi connectivity index (χ2v) is 12.1. The Morgan fingerprint density at radius 3 is 2.26 bits per heavy atom. The smallest absolute Gasteiger partial charge is 0.373 e. The van der Waals surface area contributed by atoms with Crippen LogP contribution < -0.4 is 16.0 Å². The van der Waals surface area contributed by atoms with E-state index in [1.165, 1.54) is 12.2 Å². The molecule has 1 aromatic heterocycles. The molecule has 0 saturated heterocycles. The zero-order valence-electron chi connectivity index (χ0n) is 31.0. The van der Waals surface area contributed by atoms with Crippen molar-refractivity contribution in [2.24, 2.45) is 5.92 Å². The Morgan fingerprint density at radius 2 is 1.66 bits per heavy atom. The molecule has 0 saturated carbocycles. The molecule has 2 aromatic carbocycles. The first-order valence-corrected chi connectivity index (χ1v) is 17.6. The molecule has 286 valence electrons. The van der Waals surface area contributed by atoms with Crippen LogP contribution in [0.4, 0.5) is 0 Å². The zero-order valence-corrected chi connectivity index (χ0v) is 31.0. The van der Waals surface area contributed by atoms with Crippen LogP contribution in [-0.2, 0) is 51.4 Å². The van der Waals surface area contributed by atoms with E-state index in [0.717, 1.165) is 41.5 Å². The van der Waals surface area contributed by atoms with Crippen LogP contribution in [0.2, 0.25) is 0 Å². The molecule has 3 atom stereocenters. The molecule has 3 rings (SSSR count). The summed E-state index contributed by atoms with van der Waals surface area (Å²) in [6, 6.07) is 17.0. The highest BCUT2D eigenvalue weighted by Gasteiger charge is 2.32. The molecule has 0 fully saturated rings. The highest BCUT2D eigenvalue weighted by atomic mass is 16.7. The van der Waals surface area contributed by atoms with Gasteiger partial charge in [-0.15, -0.1) is 0 Å². The number of ether oxygens (including phenoxy) is 1. The topological polar surface area (TPSA) is 190 Å².